The van der Waals surface area contributed by atoms with Gasteiger partial charge in [-0.2, -0.15) is 0 Å². The summed E-state index contributed by atoms with van der Waals surface area (Å²) in [7, 11) is 0. The lowest BCUT2D eigenvalue weighted by Crippen LogP contribution is -2.27. The molecule has 1 aliphatic heterocycles. The lowest BCUT2D eigenvalue weighted by Gasteiger charge is -2.27. The molecule has 0 spiro atoms. The lowest BCUT2D eigenvalue weighted by atomic mass is 10.1. The van der Waals surface area contributed by atoms with Gasteiger partial charge in [0.05, 0.1) is 0 Å². The molecule has 0 bridgehead atoms. The van der Waals surface area contributed by atoms with E-state index >= 15 is 0 Å². The first-order valence-corrected chi connectivity index (χ1v) is 8.34. The van der Waals surface area contributed by atoms with Crippen molar-refractivity contribution in [3.8, 4) is 0 Å². The molecular weight excluding hydrogens is 300 g/mol. The van der Waals surface area contributed by atoms with Crippen molar-refractivity contribution in [2.24, 2.45) is 0 Å². The zero-order valence-electron chi connectivity index (χ0n) is 11.9. The van der Waals surface area contributed by atoms with Gasteiger partial charge < -0.3 is 10.2 Å². The van der Waals surface area contributed by atoms with Gasteiger partial charge in [0, 0.05) is 29.8 Å². The van der Waals surface area contributed by atoms with Gasteiger partial charge in [0.1, 0.15) is 0 Å². The summed E-state index contributed by atoms with van der Waals surface area (Å²) in [6.07, 6.45) is 6.85. The highest BCUT2D eigenvalue weighted by molar-refractivity contribution is 9.10. The summed E-state index contributed by atoms with van der Waals surface area (Å²) in [5.41, 5.74) is 2.71. The van der Waals surface area contributed by atoms with E-state index < -0.39 is 0 Å². The molecule has 0 radical (unpaired) electrons. The fourth-order valence-electron chi connectivity index (χ4n) is 2.64. The first-order valence-electron chi connectivity index (χ1n) is 7.55. The molecule has 2 rings (SSSR count). The smallest absolute Gasteiger partial charge is 0.0377 e. The van der Waals surface area contributed by atoms with Gasteiger partial charge in [0.15, 0.2) is 0 Å². The summed E-state index contributed by atoms with van der Waals surface area (Å²) in [5, 5.41) is 3.38. The van der Waals surface area contributed by atoms with Crippen molar-refractivity contribution >= 4 is 21.6 Å². The number of benzene rings is 1. The van der Waals surface area contributed by atoms with Crippen molar-refractivity contribution in [1.82, 2.24) is 5.32 Å². The van der Waals surface area contributed by atoms with Crippen LogP contribution in [0.15, 0.2) is 22.7 Å². The van der Waals surface area contributed by atoms with Gasteiger partial charge in [-0.05, 0) is 37.1 Å². The third-order valence-electron chi connectivity index (χ3n) is 3.82. The van der Waals surface area contributed by atoms with Crippen LogP contribution in [0.1, 0.15) is 44.6 Å². The molecule has 1 N–H and O–H groups in total. The molecule has 0 aromatic heterocycles. The molecule has 1 aromatic rings. The Labute approximate surface area is 125 Å². The summed E-state index contributed by atoms with van der Waals surface area (Å²) in [6, 6.07) is 6.81. The lowest BCUT2D eigenvalue weighted by molar-refractivity contribution is 0.556. The molecule has 3 heteroatoms. The highest BCUT2D eigenvalue weighted by Crippen LogP contribution is 2.26. The van der Waals surface area contributed by atoms with Crippen LogP contribution in [0.4, 0.5) is 5.69 Å². The van der Waals surface area contributed by atoms with Crippen LogP contribution in [-0.4, -0.2) is 19.6 Å². The number of hydrogen-bond donors (Lipinski definition) is 1. The Morgan fingerprint density at radius 2 is 1.79 bits per heavy atom. The van der Waals surface area contributed by atoms with Gasteiger partial charge in [0.2, 0.25) is 0 Å². The third-order valence-corrected chi connectivity index (χ3v) is 4.56. The zero-order valence-corrected chi connectivity index (χ0v) is 13.5. The van der Waals surface area contributed by atoms with E-state index in [9.17, 15) is 0 Å². The Kier molecular flexibility index (Phi) is 6.18. The van der Waals surface area contributed by atoms with Crippen molar-refractivity contribution in [2.75, 3.05) is 24.5 Å². The van der Waals surface area contributed by atoms with Gasteiger partial charge >= 0.3 is 0 Å². The quantitative estimate of drug-likeness (QED) is 0.886. The van der Waals surface area contributed by atoms with Crippen molar-refractivity contribution in [1.29, 1.82) is 0 Å². The number of nitrogens with zero attached hydrogens (tertiary/aromatic N) is 1. The second-order valence-electron chi connectivity index (χ2n) is 5.31. The van der Waals surface area contributed by atoms with Crippen molar-refractivity contribution in [2.45, 2.75) is 45.6 Å². The van der Waals surface area contributed by atoms with E-state index in [1.54, 1.807) is 0 Å². The fraction of sp³-hybridized carbons (Fsp3) is 0.625. The van der Waals surface area contributed by atoms with E-state index in [-0.39, 0.29) is 0 Å². The predicted octanol–water partition coefficient (Wildman–Crippen LogP) is 4.33. The molecule has 1 saturated heterocycles. The molecule has 0 aliphatic carbocycles. The molecule has 0 unspecified atom stereocenters. The molecule has 0 saturated carbocycles. The van der Waals surface area contributed by atoms with Crippen LogP contribution >= 0.6 is 15.9 Å². The Bertz CT molecular complexity index is 384. The third kappa shape index (κ3) is 4.50. The van der Waals surface area contributed by atoms with Crippen LogP contribution < -0.4 is 10.2 Å². The number of rotatable bonds is 4. The average Bonchev–Trinajstić information content (AvgIpc) is 2.37. The molecule has 1 heterocycles. The molecule has 0 amide bonds. The maximum Gasteiger partial charge on any atom is 0.0377 e. The maximum absolute atomic E-state index is 3.71. The van der Waals surface area contributed by atoms with Gasteiger partial charge in [-0.3, -0.25) is 0 Å². The van der Waals surface area contributed by atoms with Crippen molar-refractivity contribution in [3.63, 3.8) is 0 Å². The topological polar surface area (TPSA) is 15.3 Å². The van der Waals surface area contributed by atoms with E-state index in [1.807, 2.05) is 0 Å². The fourth-order valence-corrected chi connectivity index (χ4v) is 3.15. The standard InChI is InChI=1S/C16H25BrN2/c1-2-18-13-14-8-9-15(12-16(14)17)19-10-6-4-3-5-7-11-19/h8-9,12,18H,2-7,10-11,13H2,1H3. The maximum atomic E-state index is 3.71. The van der Waals surface area contributed by atoms with Crippen molar-refractivity contribution in [3.05, 3.63) is 28.2 Å². The van der Waals surface area contributed by atoms with Crippen LogP contribution in [0.25, 0.3) is 0 Å². The normalized spacial score (nSPS) is 17.1. The molecule has 1 aliphatic rings. The monoisotopic (exact) mass is 324 g/mol. The minimum Gasteiger partial charge on any atom is -0.372 e. The van der Waals surface area contributed by atoms with Gasteiger partial charge in [0.25, 0.3) is 0 Å². The number of nitrogens with one attached hydrogen (secondary N) is 1. The summed E-state index contributed by atoms with van der Waals surface area (Å²) < 4.78 is 1.23. The first kappa shape index (κ1) is 14.9. The highest BCUT2D eigenvalue weighted by atomic mass is 79.9. The van der Waals surface area contributed by atoms with Crippen LogP contribution in [0.2, 0.25) is 0 Å². The average molecular weight is 325 g/mol. The van der Waals surface area contributed by atoms with Gasteiger partial charge in [-0.1, -0.05) is 48.2 Å². The Balaban J connectivity index is 2.04. The van der Waals surface area contributed by atoms with Crippen molar-refractivity contribution < 1.29 is 0 Å². The SMILES string of the molecule is CCNCc1ccc(N2CCCCCCC2)cc1Br. The molecule has 2 nitrogen and oxygen atoms in total. The van der Waals surface area contributed by atoms with E-state index in [1.165, 1.54) is 60.9 Å². The molecule has 19 heavy (non-hydrogen) atoms. The van der Waals surface area contributed by atoms with Crippen LogP contribution in [0.3, 0.4) is 0 Å². The molecule has 1 fully saturated rings. The summed E-state index contributed by atoms with van der Waals surface area (Å²) in [4.78, 5) is 2.54. The van der Waals surface area contributed by atoms with Crippen LogP contribution in [0, 0.1) is 0 Å². The summed E-state index contributed by atoms with van der Waals surface area (Å²) in [5.74, 6) is 0. The zero-order chi connectivity index (χ0) is 13.5. The minimum atomic E-state index is 0.942. The number of halogens is 1. The summed E-state index contributed by atoms with van der Waals surface area (Å²) >= 11 is 3.71. The van der Waals surface area contributed by atoms with E-state index in [0.29, 0.717) is 0 Å². The van der Waals surface area contributed by atoms with E-state index in [4.69, 9.17) is 0 Å². The minimum absolute atomic E-state index is 0.942. The largest absolute Gasteiger partial charge is 0.372 e. The Hall–Kier alpha value is -0.540. The molecule has 106 valence electrons. The second-order valence-corrected chi connectivity index (χ2v) is 6.17. The van der Waals surface area contributed by atoms with Crippen LogP contribution in [-0.2, 0) is 6.54 Å². The number of hydrogen-bond acceptors (Lipinski definition) is 2. The Morgan fingerprint density at radius 1 is 1.11 bits per heavy atom. The Morgan fingerprint density at radius 3 is 2.42 bits per heavy atom. The van der Waals surface area contributed by atoms with E-state index in [2.05, 4.69) is 51.3 Å². The second kappa shape index (κ2) is 7.91. The predicted molar refractivity (Wildman–Crippen MR) is 86.8 cm³/mol. The van der Waals surface area contributed by atoms with E-state index in [0.717, 1.165) is 13.1 Å². The highest BCUT2D eigenvalue weighted by Gasteiger charge is 2.10. The van der Waals surface area contributed by atoms with Gasteiger partial charge in [-0.25, -0.2) is 0 Å². The first-order chi connectivity index (χ1) is 9.31. The molecule has 1 aromatic carbocycles. The van der Waals surface area contributed by atoms with Gasteiger partial charge in [-0.15, -0.1) is 0 Å². The molecule has 0 atom stereocenters. The molecular formula is C16H25BrN2. The number of anilines is 1. The van der Waals surface area contributed by atoms with Crippen LogP contribution in [0.5, 0.6) is 0 Å². The summed E-state index contributed by atoms with van der Waals surface area (Å²) in [6.45, 7) is 6.51.